The molecule has 9 nitrogen and oxygen atoms in total. The second kappa shape index (κ2) is 6.71. The zero-order valence-electron chi connectivity index (χ0n) is 14.3. The van der Waals surface area contributed by atoms with Gasteiger partial charge in [0.1, 0.15) is 18.9 Å². The van der Waals surface area contributed by atoms with Crippen molar-refractivity contribution in [3.63, 3.8) is 0 Å². The Kier molecular flexibility index (Phi) is 4.60. The van der Waals surface area contributed by atoms with Crippen molar-refractivity contribution >= 4 is 21.4 Å². The summed E-state index contributed by atoms with van der Waals surface area (Å²) < 4.78 is 38.8. The average Bonchev–Trinajstić information content (AvgIpc) is 2.63. The number of fused-ring (bicyclic) bond motifs is 1. The second-order valence-corrected chi connectivity index (χ2v) is 7.08. The molecule has 2 aromatic rings. The Morgan fingerprint density at radius 1 is 1.27 bits per heavy atom. The van der Waals surface area contributed by atoms with Crippen LogP contribution in [0.2, 0.25) is 0 Å². The van der Waals surface area contributed by atoms with Crippen molar-refractivity contribution in [1.82, 2.24) is 9.78 Å². The molecule has 0 saturated carbocycles. The summed E-state index contributed by atoms with van der Waals surface area (Å²) in [5.74, 6) is 0.822. The zero-order valence-corrected chi connectivity index (χ0v) is 15.1. The molecule has 10 heteroatoms. The van der Waals surface area contributed by atoms with Crippen molar-refractivity contribution < 1.29 is 17.9 Å². The first-order valence-corrected chi connectivity index (χ1v) is 9.25. The Hall–Kier alpha value is -3.01. The first-order chi connectivity index (χ1) is 12.4. The number of sulfonamides is 1. The lowest BCUT2D eigenvalue weighted by Gasteiger charge is -2.23. The molecule has 0 saturated heterocycles. The van der Waals surface area contributed by atoms with Gasteiger partial charge in [-0.3, -0.25) is 9.52 Å². The monoisotopic (exact) mass is 378 g/mol. The third-order valence-corrected chi connectivity index (χ3v) is 4.71. The topological polar surface area (TPSA) is 112 Å². The Bertz CT molecular complexity index is 1030. The highest BCUT2D eigenvalue weighted by Gasteiger charge is 2.24. The number of rotatable bonds is 5. The Balaban J connectivity index is 2.29. The maximum atomic E-state index is 12.1. The molecule has 2 N–H and O–H groups in total. The zero-order chi connectivity index (χ0) is 18.9. The number of aromatic nitrogens is 2. The molecule has 0 fully saturated rings. The maximum Gasteiger partial charge on any atom is 0.289 e. The lowest BCUT2D eigenvalue weighted by Crippen LogP contribution is -2.23. The SMILES string of the molecule is C=CS(=O)(=O)Nc1ccc2c(c1-c1cc(NC)c(=O)n(C)n1)OCCO2. The van der Waals surface area contributed by atoms with E-state index in [1.165, 1.54) is 13.1 Å². The summed E-state index contributed by atoms with van der Waals surface area (Å²) in [4.78, 5) is 12.1. The quantitative estimate of drug-likeness (QED) is 0.802. The van der Waals surface area contributed by atoms with Crippen LogP contribution >= 0.6 is 0 Å². The number of hydrogen-bond donors (Lipinski definition) is 2. The van der Waals surface area contributed by atoms with E-state index < -0.39 is 10.0 Å². The van der Waals surface area contributed by atoms with Crippen LogP contribution in [0.3, 0.4) is 0 Å². The number of nitrogens with one attached hydrogen (secondary N) is 2. The lowest BCUT2D eigenvalue weighted by atomic mass is 10.1. The van der Waals surface area contributed by atoms with Crippen LogP contribution in [0.1, 0.15) is 0 Å². The minimum atomic E-state index is -3.76. The Morgan fingerprint density at radius 3 is 2.69 bits per heavy atom. The average molecular weight is 378 g/mol. The molecule has 1 aromatic carbocycles. The Morgan fingerprint density at radius 2 is 2.00 bits per heavy atom. The van der Waals surface area contributed by atoms with Crippen LogP contribution in [-0.2, 0) is 17.1 Å². The highest BCUT2D eigenvalue weighted by molar-refractivity contribution is 7.95. The second-order valence-electron chi connectivity index (χ2n) is 5.45. The number of ether oxygens (including phenoxy) is 2. The number of hydrogen-bond acceptors (Lipinski definition) is 7. The van der Waals surface area contributed by atoms with Crippen LogP contribution in [0.25, 0.3) is 11.3 Å². The molecule has 3 rings (SSSR count). The van der Waals surface area contributed by atoms with Gasteiger partial charge in [0.15, 0.2) is 11.5 Å². The largest absolute Gasteiger partial charge is 0.486 e. The van der Waals surface area contributed by atoms with Crippen LogP contribution in [0.4, 0.5) is 11.4 Å². The van der Waals surface area contributed by atoms with E-state index in [2.05, 4.69) is 21.7 Å². The molecule has 138 valence electrons. The van der Waals surface area contributed by atoms with Crippen LogP contribution in [0.5, 0.6) is 11.5 Å². The minimum Gasteiger partial charge on any atom is -0.486 e. The van der Waals surface area contributed by atoms with Crippen LogP contribution in [0.15, 0.2) is 35.0 Å². The minimum absolute atomic E-state index is 0.238. The molecule has 1 aromatic heterocycles. The van der Waals surface area contributed by atoms with Gasteiger partial charge in [-0.15, -0.1) is 0 Å². The molecule has 0 unspecified atom stereocenters. The first kappa shape index (κ1) is 17.8. The highest BCUT2D eigenvalue weighted by Crippen LogP contribution is 2.44. The van der Waals surface area contributed by atoms with E-state index in [1.807, 2.05) is 0 Å². The van der Waals surface area contributed by atoms with E-state index in [4.69, 9.17) is 9.47 Å². The van der Waals surface area contributed by atoms with E-state index in [-0.39, 0.29) is 11.2 Å². The highest BCUT2D eigenvalue weighted by atomic mass is 32.2. The third kappa shape index (κ3) is 3.23. The van der Waals surface area contributed by atoms with Gasteiger partial charge in [0.25, 0.3) is 15.6 Å². The fourth-order valence-electron chi connectivity index (χ4n) is 2.56. The number of nitrogens with zero attached hydrogens (tertiary/aromatic N) is 2. The third-order valence-electron chi connectivity index (χ3n) is 3.77. The summed E-state index contributed by atoms with van der Waals surface area (Å²) in [6.45, 7) is 3.98. The van der Waals surface area contributed by atoms with E-state index in [0.29, 0.717) is 41.7 Å². The smallest absolute Gasteiger partial charge is 0.289 e. The van der Waals surface area contributed by atoms with Gasteiger partial charge >= 0.3 is 0 Å². The molecule has 2 heterocycles. The summed E-state index contributed by atoms with van der Waals surface area (Å²) in [7, 11) is -0.638. The summed E-state index contributed by atoms with van der Waals surface area (Å²) in [6.07, 6.45) is 0. The first-order valence-electron chi connectivity index (χ1n) is 7.70. The van der Waals surface area contributed by atoms with Crippen molar-refractivity contribution in [2.45, 2.75) is 0 Å². The Labute approximate surface area is 150 Å². The van der Waals surface area contributed by atoms with Crippen LogP contribution < -0.4 is 25.1 Å². The molecular weight excluding hydrogens is 360 g/mol. The van der Waals surface area contributed by atoms with Gasteiger partial charge < -0.3 is 14.8 Å². The molecule has 1 aliphatic heterocycles. The number of benzene rings is 1. The summed E-state index contributed by atoms with van der Waals surface area (Å²) >= 11 is 0. The molecule has 0 bridgehead atoms. The van der Waals surface area contributed by atoms with Gasteiger partial charge in [0.05, 0.1) is 16.9 Å². The molecule has 0 spiro atoms. The molecule has 1 aliphatic rings. The molecular formula is C16H18N4O5S. The fraction of sp³-hybridized carbons (Fsp3) is 0.250. The van der Waals surface area contributed by atoms with E-state index in [1.54, 1.807) is 19.2 Å². The molecule has 26 heavy (non-hydrogen) atoms. The van der Waals surface area contributed by atoms with Gasteiger partial charge in [-0.2, -0.15) is 5.10 Å². The van der Waals surface area contributed by atoms with Crippen molar-refractivity contribution in [1.29, 1.82) is 0 Å². The molecule has 0 amide bonds. The van der Waals surface area contributed by atoms with E-state index in [0.717, 1.165) is 10.1 Å². The summed E-state index contributed by atoms with van der Waals surface area (Å²) in [6, 6.07) is 4.69. The number of anilines is 2. The van der Waals surface area contributed by atoms with Gasteiger partial charge in [-0.05, 0) is 18.2 Å². The van der Waals surface area contributed by atoms with Crippen LogP contribution in [-0.4, -0.2) is 38.5 Å². The van der Waals surface area contributed by atoms with E-state index >= 15 is 0 Å². The van der Waals surface area contributed by atoms with Crippen LogP contribution in [0, 0.1) is 0 Å². The summed E-state index contributed by atoms with van der Waals surface area (Å²) in [5.41, 5.74) is 0.957. The molecule has 0 atom stereocenters. The van der Waals surface area contributed by atoms with Gasteiger partial charge in [-0.1, -0.05) is 6.58 Å². The van der Waals surface area contributed by atoms with Crippen molar-refractivity contribution in [3.05, 3.63) is 40.5 Å². The predicted molar refractivity (Wildman–Crippen MR) is 98.2 cm³/mol. The predicted octanol–water partition coefficient (Wildman–Crippen LogP) is 1.15. The van der Waals surface area contributed by atoms with Crippen molar-refractivity contribution in [2.24, 2.45) is 7.05 Å². The molecule has 0 aliphatic carbocycles. The van der Waals surface area contributed by atoms with Crippen molar-refractivity contribution in [2.75, 3.05) is 30.3 Å². The molecule has 0 radical (unpaired) electrons. The van der Waals surface area contributed by atoms with Crippen molar-refractivity contribution in [3.8, 4) is 22.8 Å². The normalized spacial score (nSPS) is 13.2. The maximum absolute atomic E-state index is 12.1. The fourth-order valence-corrected chi connectivity index (χ4v) is 3.12. The van der Waals surface area contributed by atoms with Gasteiger partial charge in [0.2, 0.25) is 0 Å². The summed E-state index contributed by atoms with van der Waals surface area (Å²) in [5, 5.41) is 7.86. The van der Waals surface area contributed by atoms with Gasteiger partial charge in [0, 0.05) is 19.5 Å². The number of aryl methyl sites for hydroxylation is 1. The van der Waals surface area contributed by atoms with Gasteiger partial charge in [-0.25, -0.2) is 13.1 Å². The standard InChI is InChI=1S/C16H18N4O5S/c1-4-26(22,23)19-10-5-6-13-15(25-8-7-24-13)14(10)11-9-12(17-2)16(21)20(3)18-11/h4-6,9,17,19H,1,7-8H2,2-3H3. The van der Waals surface area contributed by atoms with E-state index in [9.17, 15) is 13.2 Å². The lowest BCUT2D eigenvalue weighted by molar-refractivity contribution is 0.172.